The number of carbonyl (C=O) groups is 1. The lowest BCUT2D eigenvalue weighted by molar-refractivity contribution is 0.247. The van der Waals surface area contributed by atoms with E-state index in [2.05, 4.69) is 16.7 Å². The maximum absolute atomic E-state index is 14.0. The summed E-state index contributed by atoms with van der Waals surface area (Å²) in [5.74, 6) is -0.204. The van der Waals surface area contributed by atoms with Crippen LogP contribution in [0.2, 0.25) is 0 Å². The molecule has 0 atom stereocenters. The van der Waals surface area contributed by atoms with Crippen LogP contribution in [-0.4, -0.2) is 19.1 Å². The number of nitrogens with zero attached hydrogens (tertiary/aromatic N) is 1. The minimum absolute atomic E-state index is 0.0575. The number of halogens is 1. The van der Waals surface area contributed by atoms with E-state index in [-0.39, 0.29) is 11.8 Å². The zero-order valence-corrected chi connectivity index (χ0v) is 15.3. The Balaban J connectivity index is 1.56. The minimum atomic E-state index is -0.204. The van der Waals surface area contributed by atoms with Crippen molar-refractivity contribution in [1.82, 2.24) is 5.32 Å². The van der Waals surface area contributed by atoms with E-state index in [1.165, 1.54) is 11.6 Å². The molecule has 4 rings (SSSR count). The number of fused-ring (bicyclic) bond motifs is 2. The fourth-order valence-corrected chi connectivity index (χ4v) is 3.62. The van der Waals surface area contributed by atoms with Gasteiger partial charge in [0.1, 0.15) is 5.82 Å². The molecule has 1 aliphatic heterocycles. The summed E-state index contributed by atoms with van der Waals surface area (Å²) in [4.78, 5) is 14.0. The van der Waals surface area contributed by atoms with Crippen LogP contribution in [0.25, 0.3) is 10.8 Å². The van der Waals surface area contributed by atoms with Crippen LogP contribution in [0.4, 0.5) is 20.6 Å². The van der Waals surface area contributed by atoms with E-state index < -0.39 is 0 Å². The van der Waals surface area contributed by atoms with E-state index >= 15 is 0 Å². The zero-order valence-electron chi connectivity index (χ0n) is 15.3. The number of hydrogen-bond acceptors (Lipinski definition) is 2. The monoisotopic (exact) mass is 363 g/mol. The number of urea groups is 1. The molecule has 2 N–H and O–H groups in total. The third-order valence-corrected chi connectivity index (χ3v) is 5.00. The van der Waals surface area contributed by atoms with Crippen molar-refractivity contribution in [2.75, 3.05) is 23.3 Å². The van der Waals surface area contributed by atoms with Gasteiger partial charge in [-0.15, -0.1) is 0 Å². The molecule has 27 heavy (non-hydrogen) atoms. The van der Waals surface area contributed by atoms with Crippen LogP contribution in [0.5, 0.6) is 0 Å². The van der Waals surface area contributed by atoms with Crippen molar-refractivity contribution in [3.8, 4) is 0 Å². The summed E-state index contributed by atoms with van der Waals surface area (Å²) >= 11 is 0. The Morgan fingerprint density at radius 3 is 2.74 bits per heavy atom. The highest BCUT2D eigenvalue weighted by molar-refractivity contribution is 5.95. The number of rotatable bonds is 4. The van der Waals surface area contributed by atoms with Crippen LogP contribution in [0.3, 0.4) is 0 Å². The second-order valence-corrected chi connectivity index (χ2v) is 6.69. The van der Waals surface area contributed by atoms with Crippen LogP contribution < -0.4 is 15.5 Å². The van der Waals surface area contributed by atoms with Gasteiger partial charge in [-0.25, -0.2) is 9.18 Å². The van der Waals surface area contributed by atoms with Crippen molar-refractivity contribution in [2.45, 2.75) is 19.9 Å². The van der Waals surface area contributed by atoms with Crippen LogP contribution in [0.15, 0.2) is 54.6 Å². The van der Waals surface area contributed by atoms with Crippen molar-refractivity contribution in [3.05, 3.63) is 71.5 Å². The Kier molecular flexibility index (Phi) is 4.67. The molecule has 0 spiro atoms. The molecule has 0 aromatic heterocycles. The highest BCUT2D eigenvalue weighted by atomic mass is 19.1. The first kappa shape index (κ1) is 17.3. The number of carbonyl (C=O) groups excluding carboxylic acids is 1. The van der Waals surface area contributed by atoms with Gasteiger partial charge >= 0.3 is 6.03 Å². The molecular weight excluding hydrogens is 341 g/mol. The molecule has 0 unspecified atom stereocenters. The Labute approximate surface area is 158 Å². The molecule has 4 nitrogen and oxygen atoms in total. The number of nitrogens with one attached hydrogen (secondary N) is 2. The molecule has 5 heteroatoms. The lowest BCUT2D eigenvalue weighted by Crippen LogP contribution is -2.38. The standard InChI is InChI=1S/C22H22FN3O/c1-2-24-22(27)26-12-11-15-7-9-17(13-21(15)26)25-14-16-8-10-20(23)19-6-4-3-5-18(16)19/h3-10,13,25H,2,11-12,14H2,1H3,(H,24,27). The molecule has 2 amide bonds. The predicted octanol–water partition coefficient (Wildman–Crippen LogP) is 4.68. The summed E-state index contributed by atoms with van der Waals surface area (Å²) in [6, 6.07) is 16.9. The molecule has 0 saturated carbocycles. The molecule has 0 bridgehead atoms. The summed E-state index contributed by atoms with van der Waals surface area (Å²) in [7, 11) is 0. The third-order valence-electron chi connectivity index (χ3n) is 5.00. The average molecular weight is 363 g/mol. The topological polar surface area (TPSA) is 44.4 Å². The predicted molar refractivity (Wildman–Crippen MR) is 108 cm³/mol. The van der Waals surface area contributed by atoms with E-state index in [1.54, 1.807) is 11.0 Å². The molecule has 1 heterocycles. The van der Waals surface area contributed by atoms with E-state index in [9.17, 15) is 9.18 Å². The van der Waals surface area contributed by atoms with Gasteiger partial charge in [0.2, 0.25) is 0 Å². The van der Waals surface area contributed by atoms with Crippen LogP contribution in [-0.2, 0) is 13.0 Å². The smallest absolute Gasteiger partial charge is 0.321 e. The molecule has 0 radical (unpaired) electrons. The van der Waals surface area contributed by atoms with Gasteiger partial charge in [-0.2, -0.15) is 0 Å². The van der Waals surface area contributed by atoms with Crippen molar-refractivity contribution >= 4 is 28.2 Å². The number of anilines is 2. The van der Waals surface area contributed by atoms with Gasteiger partial charge in [0, 0.05) is 30.7 Å². The van der Waals surface area contributed by atoms with E-state index in [1.807, 2.05) is 43.3 Å². The van der Waals surface area contributed by atoms with Gasteiger partial charge < -0.3 is 10.6 Å². The van der Waals surface area contributed by atoms with E-state index in [4.69, 9.17) is 0 Å². The lowest BCUT2D eigenvalue weighted by Gasteiger charge is -2.18. The Morgan fingerprint density at radius 1 is 1.11 bits per heavy atom. The summed E-state index contributed by atoms with van der Waals surface area (Å²) < 4.78 is 14.0. The Bertz CT molecular complexity index is 1000. The SMILES string of the molecule is CCNC(=O)N1CCc2ccc(NCc3ccc(F)c4ccccc34)cc21. The highest BCUT2D eigenvalue weighted by Crippen LogP contribution is 2.31. The second-order valence-electron chi connectivity index (χ2n) is 6.69. The Morgan fingerprint density at radius 2 is 1.93 bits per heavy atom. The van der Waals surface area contributed by atoms with Crippen LogP contribution in [0, 0.1) is 5.82 Å². The highest BCUT2D eigenvalue weighted by Gasteiger charge is 2.24. The van der Waals surface area contributed by atoms with E-state index in [0.29, 0.717) is 25.0 Å². The summed E-state index contributed by atoms with van der Waals surface area (Å²) in [6.45, 7) is 3.81. The molecule has 138 valence electrons. The second kappa shape index (κ2) is 7.27. The van der Waals surface area contributed by atoms with Gasteiger partial charge in [-0.05, 0) is 48.1 Å². The lowest BCUT2D eigenvalue weighted by atomic mass is 10.0. The average Bonchev–Trinajstić information content (AvgIpc) is 3.11. The molecule has 3 aromatic carbocycles. The molecule has 0 saturated heterocycles. The van der Waals surface area contributed by atoms with Crippen molar-refractivity contribution < 1.29 is 9.18 Å². The minimum Gasteiger partial charge on any atom is -0.381 e. The van der Waals surface area contributed by atoms with E-state index in [0.717, 1.165) is 28.7 Å². The Hall–Kier alpha value is -3.08. The molecule has 0 fully saturated rings. The maximum Gasteiger partial charge on any atom is 0.321 e. The van der Waals surface area contributed by atoms with Gasteiger partial charge in [-0.3, -0.25) is 4.90 Å². The van der Waals surface area contributed by atoms with Gasteiger partial charge in [0.15, 0.2) is 0 Å². The first-order valence-corrected chi connectivity index (χ1v) is 9.25. The summed E-state index contributed by atoms with van der Waals surface area (Å²) in [5, 5.41) is 7.82. The zero-order chi connectivity index (χ0) is 18.8. The first-order chi connectivity index (χ1) is 13.2. The fourth-order valence-electron chi connectivity index (χ4n) is 3.62. The molecule has 0 aliphatic carbocycles. The normalized spacial score (nSPS) is 12.9. The summed E-state index contributed by atoms with van der Waals surface area (Å²) in [6.07, 6.45) is 0.870. The van der Waals surface area contributed by atoms with Crippen molar-refractivity contribution in [3.63, 3.8) is 0 Å². The fraction of sp³-hybridized carbons (Fsp3) is 0.227. The largest absolute Gasteiger partial charge is 0.381 e. The summed E-state index contributed by atoms with van der Waals surface area (Å²) in [5.41, 5.74) is 4.11. The third kappa shape index (κ3) is 3.33. The maximum atomic E-state index is 14.0. The van der Waals surface area contributed by atoms with Crippen LogP contribution in [0.1, 0.15) is 18.1 Å². The van der Waals surface area contributed by atoms with Gasteiger partial charge in [0.25, 0.3) is 0 Å². The van der Waals surface area contributed by atoms with Crippen molar-refractivity contribution in [1.29, 1.82) is 0 Å². The quantitative estimate of drug-likeness (QED) is 0.707. The van der Waals surface area contributed by atoms with Crippen LogP contribution >= 0.6 is 0 Å². The first-order valence-electron chi connectivity index (χ1n) is 9.25. The van der Waals surface area contributed by atoms with Gasteiger partial charge in [-0.1, -0.05) is 36.4 Å². The molecular formula is C22H22FN3O. The van der Waals surface area contributed by atoms with Crippen molar-refractivity contribution in [2.24, 2.45) is 0 Å². The molecule has 3 aromatic rings. The number of benzene rings is 3. The number of amides is 2. The van der Waals surface area contributed by atoms with Gasteiger partial charge in [0.05, 0.1) is 5.69 Å². The molecule has 1 aliphatic rings. The number of hydrogen-bond donors (Lipinski definition) is 2.